The van der Waals surface area contributed by atoms with Gasteiger partial charge in [-0.25, -0.2) is 4.79 Å². The van der Waals surface area contributed by atoms with E-state index in [0.717, 1.165) is 4.57 Å². The van der Waals surface area contributed by atoms with Crippen LogP contribution >= 0.6 is 0 Å². The Kier molecular flexibility index (Phi) is 8.53. The molecule has 0 saturated carbocycles. The Morgan fingerprint density at radius 2 is 1.93 bits per heavy atom. The van der Waals surface area contributed by atoms with Gasteiger partial charge in [0.15, 0.2) is 0 Å². The molecule has 0 fully saturated rings. The lowest BCUT2D eigenvalue weighted by Crippen LogP contribution is -2.33. The van der Waals surface area contributed by atoms with Crippen LogP contribution in [0.5, 0.6) is 0 Å². The average molecular weight is 390 g/mol. The molecule has 0 aliphatic carbocycles. The van der Waals surface area contributed by atoms with E-state index in [1.54, 1.807) is 19.0 Å². The number of carbonyl (C=O) groups is 1. The fraction of sp³-hybridized carbons (Fsp3) is 0.684. The fourth-order valence-corrected chi connectivity index (χ4v) is 2.71. The summed E-state index contributed by atoms with van der Waals surface area (Å²) in [4.78, 5) is 26.6. The zero-order chi connectivity index (χ0) is 20.8. The summed E-state index contributed by atoms with van der Waals surface area (Å²) in [7, 11) is 3.51. The van der Waals surface area contributed by atoms with Crippen LogP contribution < -0.4 is 5.56 Å². The van der Waals surface area contributed by atoms with Crippen molar-refractivity contribution in [3.05, 3.63) is 33.7 Å². The maximum absolute atomic E-state index is 13.4. The normalized spacial score (nSPS) is 13.3. The Bertz CT molecular complexity index is 682. The number of rotatable bonds is 9. The molecule has 154 valence electrons. The number of halogens is 3. The van der Waals surface area contributed by atoms with Crippen LogP contribution in [0, 0.1) is 5.92 Å². The first kappa shape index (κ1) is 23.2. The summed E-state index contributed by atoms with van der Waals surface area (Å²) >= 11 is 0. The Labute approximate surface area is 158 Å². The molecule has 0 saturated heterocycles. The minimum atomic E-state index is -4.63. The van der Waals surface area contributed by atoms with Gasteiger partial charge in [0.25, 0.3) is 5.56 Å². The molecule has 1 aromatic rings. The molecule has 1 unspecified atom stereocenters. The molecule has 0 bridgehead atoms. The van der Waals surface area contributed by atoms with Crippen molar-refractivity contribution in [1.29, 1.82) is 0 Å². The van der Waals surface area contributed by atoms with Gasteiger partial charge >= 0.3 is 12.1 Å². The van der Waals surface area contributed by atoms with Gasteiger partial charge in [-0.05, 0) is 44.8 Å². The van der Waals surface area contributed by atoms with Gasteiger partial charge in [-0.15, -0.1) is 0 Å². The van der Waals surface area contributed by atoms with Crippen molar-refractivity contribution < 1.29 is 22.7 Å². The summed E-state index contributed by atoms with van der Waals surface area (Å²) < 4.78 is 46.4. The molecule has 1 heterocycles. The van der Waals surface area contributed by atoms with E-state index in [-0.39, 0.29) is 24.5 Å². The first-order valence-electron chi connectivity index (χ1n) is 9.11. The van der Waals surface area contributed by atoms with Gasteiger partial charge in [-0.2, -0.15) is 13.2 Å². The lowest BCUT2D eigenvalue weighted by Gasteiger charge is -2.23. The number of hydrogen-bond acceptors (Lipinski definition) is 4. The van der Waals surface area contributed by atoms with Crippen molar-refractivity contribution in [2.75, 3.05) is 27.2 Å². The second-order valence-corrected chi connectivity index (χ2v) is 7.32. The monoisotopic (exact) mass is 390 g/mol. The molecule has 5 nitrogen and oxygen atoms in total. The highest BCUT2D eigenvalue weighted by Gasteiger charge is 2.35. The Morgan fingerprint density at radius 1 is 1.30 bits per heavy atom. The number of ether oxygens (including phenoxy) is 1. The van der Waals surface area contributed by atoms with E-state index in [4.69, 9.17) is 4.74 Å². The number of pyridine rings is 1. The van der Waals surface area contributed by atoms with E-state index in [0.29, 0.717) is 25.5 Å². The predicted molar refractivity (Wildman–Crippen MR) is 97.7 cm³/mol. The highest BCUT2D eigenvalue weighted by Crippen LogP contribution is 2.32. The van der Waals surface area contributed by atoms with Crippen molar-refractivity contribution in [3.63, 3.8) is 0 Å². The molecule has 8 heteroatoms. The third-order valence-electron chi connectivity index (χ3n) is 4.05. The fourth-order valence-electron chi connectivity index (χ4n) is 2.71. The van der Waals surface area contributed by atoms with Gasteiger partial charge in [0.1, 0.15) is 6.04 Å². The largest absolute Gasteiger partial charge is 0.464 e. The Hall–Kier alpha value is -1.83. The molecule has 0 aliphatic heterocycles. The summed E-state index contributed by atoms with van der Waals surface area (Å²) in [6.45, 7) is 6.19. The van der Waals surface area contributed by atoms with E-state index in [2.05, 4.69) is 0 Å². The zero-order valence-electron chi connectivity index (χ0n) is 16.6. The summed E-state index contributed by atoms with van der Waals surface area (Å²) in [6, 6.07) is -0.352. The summed E-state index contributed by atoms with van der Waals surface area (Å²) in [5.41, 5.74) is -1.81. The number of alkyl halides is 3. The molecule has 1 atom stereocenters. The maximum Gasteiger partial charge on any atom is 0.416 e. The van der Waals surface area contributed by atoms with E-state index in [1.807, 2.05) is 20.8 Å². The highest BCUT2D eigenvalue weighted by molar-refractivity contribution is 5.74. The standard InChI is InChI=1S/C19H29F3N2O3/c1-6-9-27-18(26)16(10-13(2)3)24-12-14(7-8-23(4)5)15(11-17(24)25)19(20,21)22/h11-13,16H,6-10H2,1-5H3. The molecular formula is C19H29F3N2O3. The van der Waals surface area contributed by atoms with Crippen LogP contribution in [0.25, 0.3) is 0 Å². The smallest absolute Gasteiger partial charge is 0.416 e. The number of carbonyl (C=O) groups excluding carboxylic acids is 1. The molecule has 0 spiro atoms. The van der Waals surface area contributed by atoms with Crippen molar-refractivity contribution in [1.82, 2.24) is 9.47 Å². The number of hydrogen-bond donors (Lipinski definition) is 0. The average Bonchev–Trinajstić information content (AvgIpc) is 2.55. The number of esters is 1. The zero-order valence-corrected chi connectivity index (χ0v) is 16.6. The minimum Gasteiger partial charge on any atom is -0.464 e. The lowest BCUT2D eigenvalue weighted by molar-refractivity contribution is -0.148. The van der Waals surface area contributed by atoms with Crippen LogP contribution in [0.1, 0.15) is 50.8 Å². The molecular weight excluding hydrogens is 361 g/mol. The van der Waals surface area contributed by atoms with Gasteiger partial charge in [0.05, 0.1) is 12.2 Å². The van der Waals surface area contributed by atoms with Crippen molar-refractivity contribution in [3.8, 4) is 0 Å². The predicted octanol–water partition coefficient (Wildman–Crippen LogP) is 3.51. The number of nitrogens with zero attached hydrogens (tertiary/aromatic N) is 2. The van der Waals surface area contributed by atoms with Gasteiger partial charge in [0, 0.05) is 18.8 Å². The van der Waals surface area contributed by atoms with E-state index >= 15 is 0 Å². The molecule has 0 aliphatic rings. The molecule has 0 N–H and O–H groups in total. The Balaban J connectivity index is 3.42. The van der Waals surface area contributed by atoms with Crippen LogP contribution in [0.4, 0.5) is 13.2 Å². The minimum absolute atomic E-state index is 0.00662. The molecule has 1 aromatic heterocycles. The molecule has 0 aromatic carbocycles. The molecule has 1 rings (SSSR count). The third-order valence-corrected chi connectivity index (χ3v) is 4.05. The maximum atomic E-state index is 13.4. The van der Waals surface area contributed by atoms with Gasteiger partial charge in [-0.1, -0.05) is 20.8 Å². The van der Waals surface area contributed by atoms with Crippen molar-refractivity contribution in [2.45, 2.75) is 52.3 Å². The van der Waals surface area contributed by atoms with Crippen LogP contribution in [0.3, 0.4) is 0 Å². The van der Waals surface area contributed by atoms with Gasteiger partial charge in [-0.3, -0.25) is 4.79 Å². The SMILES string of the molecule is CCCOC(=O)C(CC(C)C)n1cc(CCN(C)C)c(C(F)(F)F)cc1=O. The molecule has 27 heavy (non-hydrogen) atoms. The summed E-state index contributed by atoms with van der Waals surface area (Å²) in [6.07, 6.45) is -2.41. The van der Waals surface area contributed by atoms with E-state index < -0.39 is 29.3 Å². The van der Waals surface area contributed by atoms with Crippen LogP contribution in [-0.2, 0) is 22.1 Å². The van der Waals surface area contributed by atoms with E-state index in [9.17, 15) is 22.8 Å². The van der Waals surface area contributed by atoms with Crippen LogP contribution in [0.2, 0.25) is 0 Å². The van der Waals surface area contributed by atoms with Crippen molar-refractivity contribution >= 4 is 5.97 Å². The number of likely N-dealkylation sites (N-methyl/N-ethyl adjacent to an activating group) is 1. The second-order valence-electron chi connectivity index (χ2n) is 7.32. The summed E-state index contributed by atoms with van der Waals surface area (Å²) in [5.74, 6) is -0.533. The van der Waals surface area contributed by atoms with Gasteiger partial charge in [0.2, 0.25) is 0 Å². The summed E-state index contributed by atoms with van der Waals surface area (Å²) in [5, 5.41) is 0. The lowest BCUT2D eigenvalue weighted by atomic mass is 10.0. The molecule has 0 amide bonds. The second kappa shape index (κ2) is 9.92. The van der Waals surface area contributed by atoms with Gasteiger partial charge < -0.3 is 14.2 Å². The molecule has 0 radical (unpaired) electrons. The topological polar surface area (TPSA) is 51.5 Å². The quantitative estimate of drug-likeness (QED) is 0.606. The van der Waals surface area contributed by atoms with Crippen molar-refractivity contribution in [2.24, 2.45) is 5.92 Å². The first-order chi connectivity index (χ1) is 12.5. The van der Waals surface area contributed by atoms with E-state index in [1.165, 1.54) is 6.20 Å². The third kappa shape index (κ3) is 7.01. The first-order valence-corrected chi connectivity index (χ1v) is 9.11. The highest BCUT2D eigenvalue weighted by atomic mass is 19.4. The Morgan fingerprint density at radius 3 is 2.41 bits per heavy atom. The van der Waals surface area contributed by atoms with Crippen LogP contribution in [0.15, 0.2) is 17.1 Å². The number of aromatic nitrogens is 1. The van der Waals surface area contributed by atoms with Crippen LogP contribution in [-0.4, -0.2) is 42.7 Å².